The highest BCUT2D eigenvalue weighted by molar-refractivity contribution is 6.31. The molecule has 2 saturated heterocycles. The number of anilines is 1. The largest absolute Gasteiger partial charge is 0.368 e. The summed E-state index contributed by atoms with van der Waals surface area (Å²) in [5.41, 5.74) is 1.54. The second-order valence-electron chi connectivity index (χ2n) is 8.12. The molecule has 0 bridgehead atoms. The first kappa shape index (κ1) is 22.4. The lowest BCUT2D eigenvalue weighted by atomic mass is 9.85. The van der Waals surface area contributed by atoms with Gasteiger partial charge in [-0.25, -0.2) is 4.79 Å². The number of imide groups is 1. The topological polar surface area (TPSA) is 81.8 Å². The molecule has 4 rings (SSSR count). The Bertz CT molecular complexity index is 1050. The van der Waals surface area contributed by atoms with Gasteiger partial charge >= 0.3 is 6.03 Å². The van der Waals surface area contributed by atoms with Crippen molar-refractivity contribution in [1.82, 2.24) is 15.5 Å². The van der Waals surface area contributed by atoms with Gasteiger partial charge in [-0.05, 0) is 48.7 Å². The number of carbonyl (C=O) groups is 3. The van der Waals surface area contributed by atoms with E-state index in [1.807, 2.05) is 25.1 Å². The molecule has 2 aliphatic rings. The number of urea groups is 1. The Morgan fingerprint density at radius 1 is 1.00 bits per heavy atom. The van der Waals surface area contributed by atoms with Crippen molar-refractivity contribution in [3.05, 3.63) is 63.6 Å². The molecule has 9 heteroatoms. The maximum atomic E-state index is 13.0. The number of amides is 4. The zero-order chi connectivity index (χ0) is 22.9. The number of piperazine rings is 1. The molecule has 32 heavy (non-hydrogen) atoms. The third-order valence-corrected chi connectivity index (χ3v) is 6.62. The normalized spacial score (nSPS) is 20.8. The number of rotatable bonds is 5. The van der Waals surface area contributed by atoms with Crippen LogP contribution in [0.15, 0.2) is 42.5 Å². The van der Waals surface area contributed by atoms with Crippen molar-refractivity contribution in [2.75, 3.05) is 31.1 Å². The minimum absolute atomic E-state index is 0.0465. The third kappa shape index (κ3) is 4.40. The molecule has 2 aromatic carbocycles. The summed E-state index contributed by atoms with van der Waals surface area (Å²) in [4.78, 5) is 41.6. The lowest BCUT2D eigenvalue weighted by Crippen LogP contribution is -2.50. The first-order chi connectivity index (χ1) is 15.3. The number of benzene rings is 2. The molecule has 0 radical (unpaired) electrons. The molecule has 4 amide bonds. The first-order valence-electron chi connectivity index (χ1n) is 10.5. The summed E-state index contributed by atoms with van der Waals surface area (Å²) >= 11 is 12.1. The zero-order valence-electron chi connectivity index (χ0n) is 17.7. The van der Waals surface area contributed by atoms with E-state index in [1.54, 1.807) is 29.2 Å². The average molecular weight is 475 g/mol. The fraction of sp³-hybridized carbons (Fsp3) is 0.348. The van der Waals surface area contributed by atoms with E-state index in [9.17, 15) is 14.4 Å². The van der Waals surface area contributed by atoms with E-state index in [0.717, 1.165) is 11.3 Å². The van der Waals surface area contributed by atoms with E-state index in [4.69, 9.17) is 23.2 Å². The fourth-order valence-corrected chi connectivity index (χ4v) is 4.61. The Balaban J connectivity index is 1.41. The van der Waals surface area contributed by atoms with Crippen LogP contribution in [0.25, 0.3) is 0 Å². The number of nitrogens with one attached hydrogen (secondary N) is 2. The summed E-state index contributed by atoms with van der Waals surface area (Å²) in [6, 6.07) is 12.0. The van der Waals surface area contributed by atoms with Crippen molar-refractivity contribution in [3.8, 4) is 0 Å². The van der Waals surface area contributed by atoms with E-state index in [-0.39, 0.29) is 18.7 Å². The predicted octanol–water partition coefficient (Wildman–Crippen LogP) is 3.47. The van der Waals surface area contributed by atoms with Gasteiger partial charge in [-0.15, -0.1) is 0 Å². The van der Waals surface area contributed by atoms with Gasteiger partial charge in [0.15, 0.2) is 0 Å². The van der Waals surface area contributed by atoms with Crippen LogP contribution < -0.4 is 15.5 Å². The Hall–Kier alpha value is -2.77. The number of carbonyl (C=O) groups excluding carboxylic acids is 3. The molecular weight excluding hydrogens is 451 g/mol. The van der Waals surface area contributed by atoms with Gasteiger partial charge in [0.2, 0.25) is 5.91 Å². The quantitative estimate of drug-likeness (QED) is 0.650. The van der Waals surface area contributed by atoms with Crippen LogP contribution in [-0.2, 0) is 15.1 Å². The summed E-state index contributed by atoms with van der Waals surface area (Å²) < 4.78 is 0. The molecule has 2 heterocycles. The number of hydrogen-bond donors (Lipinski definition) is 2. The Labute approximate surface area is 196 Å². The van der Waals surface area contributed by atoms with Crippen LogP contribution in [-0.4, -0.2) is 48.9 Å². The van der Waals surface area contributed by atoms with Gasteiger partial charge in [-0.1, -0.05) is 41.4 Å². The molecule has 2 N–H and O–H groups in total. The van der Waals surface area contributed by atoms with Crippen LogP contribution in [0.3, 0.4) is 0 Å². The van der Waals surface area contributed by atoms with Gasteiger partial charge in [-0.2, -0.15) is 0 Å². The summed E-state index contributed by atoms with van der Waals surface area (Å²) in [5.74, 6) is -0.506. The molecule has 0 aromatic heterocycles. The molecule has 0 spiro atoms. The highest BCUT2D eigenvalue weighted by Crippen LogP contribution is 2.32. The van der Waals surface area contributed by atoms with Crippen LogP contribution in [0.1, 0.15) is 24.0 Å². The lowest BCUT2D eigenvalue weighted by Gasteiger charge is -2.37. The molecule has 168 valence electrons. The SMILES string of the molecule is Cc1ccc(Cl)cc1N1CCN(C(=O)CCC2(c3ccc(Cl)cc3)NC(=O)NC2=O)CC1. The van der Waals surface area contributed by atoms with E-state index in [0.29, 0.717) is 41.8 Å². The smallest absolute Gasteiger partial charge is 0.322 e. The van der Waals surface area contributed by atoms with Gasteiger partial charge in [0.1, 0.15) is 5.54 Å². The predicted molar refractivity (Wildman–Crippen MR) is 124 cm³/mol. The van der Waals surface area contributed by atoms with Crippen molar-refractivity contribution in [3.63, 3.8) is 0 Å². The lowest BCUT2D eigenvalue weighted by molar-refractivity contribution is -0.132. The Morgan fingerprint density at radius 2 is 1.66 bits per heavy atom. The number of aryl methyl sites for hydroxylation is 1. The summed E-state index contributed by atoms with van der Waals surface area (Å²) in [5, 5.41) is 6.22. The molecule has 0 saturated carbocycles. The van der Waals surface area contributed by atoms with Crippen molar-refractivity contribution in [2.24, 2.45) is 0 Å². The highest BCUT2D eigenvalue weighted by atomic mass is 35.5. The van der Waals surface area contributed by atoms with Gasteiger partial charge in [0, 0.05) is 48.3 Å². The standard InChI is InChI=1S/C23H24Cl2N4O3/c1-15-2-5-18(25)14-19(15)28-10-12-29(13-11-28)20(30)8-9-23(21(31)26-22(32)27-23)16-3-6-17(24)7-4-16/h2-7,14H,8-13H2,1H3,(H2,26,27,31,32). The first-order valence-corrected chi connectivity index (χ1v) is 11.2. The highest BCUT2D eigenvalue weighted by Gasteiger charge is 2.47. The minimum Gasteiger partial charge on any atom is -0.368 e. The minimum atomic E-state index is -1.28. The molecule has 2 fully saturated rings. The molecule has 1 unspecified atom stereocenters. The second kappa shape index (κ2) is 9.00. The van der Waals surface area contributed by atoms with Crippen molar-refractivity contribution in [2.45, 2.75) is 25.3 Å². The molecular formula is C23H24Cl2N4O3. The number of hydrogen-bond acceptors (Lipinski definition) is 4. The van der Waals surface area contributed by atoms with E-state index in [1.165, 1.54) is 0 Å². The fourth-order valence-electron chi connectivity index (χ4n) is 4.32. The van der Waals surface area contributed by atoms with E-state index < -0.39 is 17.5 Å². The Kier molecular flexibility index (Phi) is 6.31. The van der Waals surface area contributed by atoms with Gasteiger partial charge in [0.25, 0.3) is 5.91 Å². The van der Waals surface area contributed by atoms with Crippen LogP contribution in [0.4, 0.5) is 10.5 Å². The van der Waals surface area contributed by atoms with Crippen molar-refractivity contribution in [1.29, 1.82) is 0 Å². The van der Waals surface area contributed by atoms with E-state index in [2.05, 4.69) is 15.5 Å². The van der Waals surface area contributed by atoms with Crippen molar-refractivity contribution < 1.29 is 14.4 Å². The average Bonchev–Trinajstić information content (AvgIpc) is 3.08. The van der Waals surface area contributed by atoms with Gasteiger partial charge < -0.3 is 15.1 Å². The monoisotopic (exact) mass is 474 g/mol. The van der Waals surface area contributed by atoms with Gasteiger partial charge in [-0.3, -0.25) is 14.9 Å². The maximum absolute atomic E-state index is 13.0. The van der Waals surface area contributed by atoms with E-state index >= 15 is 0 Å². The number of halogens is 2. The van der Waals surface area contributed by atoms with Crippen molar-refractivity contribution >= 4 is 46.7 Å². The van der Waals surface area contributed by atoms with Crippen LogP contribution in [0.5, 0.6) is 0 Å². The Morgan fingerprint density at radius 3 is 2.28 bits per heavy atom. The molecule has 2 aliphatic heterocycles. The van der Waals surface area contributed by atoms with Crippen LogP contribution >= 0.6 is 23.2 Å². The summed E-state index contributed by atoms with van der Waals surface area (Å²) in [6.45, 7) is 4.61. The maximum Gasteiger partial charge on any atom is 0.322 e. The van der Waals surface area contributed by atoms with Gasteiger partial charge in [0.05, 0.1) is 0 Å². The molecule has 1 atom stereocenters. The third-order valence-electron chi connectivity index (χ3n) is 6.14. The molecule has 0 aliphatic carbocycles. The zero-order valence-corrected chi connectivity index (χ0v) is 19.2. The number of nitrogens with zero attached hydrogens (tertiary/aromatic N) is 2. The second-order valence-corrected chi connectivity index (χ2v) is 8.99. The van der Waals surface area contributed by atoms with Crippen LogP contribution in [0, 0.1) is 6.92 Å². The summed E-state index contributed by atoms with van der Waals surface area (Å²) in [7, 11) is 0. The molecule has 7 nitrogen and oxygen atoms in total. The summed E-state index contributed by atoms with van der Waals surface area (Å²) in [6.07, 6.45) is 0.297. The van der Waals surface area contributed by atoms with Crippen LogP contribution in [0.2, 0.25) is 10.0 Å². The molecule has 2 aromatic rings.